The van der Waals surface area contributed by atoms with Crippen LogP contribution in [-0.4, -0.2) is 45.8 Å². The number of carbonyl (C=O) groups excluding carboxylic acids is 1. The number of rotatable bonds is 3. The number of benzene rings is 1. The quantitative estimate of drug-likeness (QED) is 0.865. The first kappa shape index (κ1) is 17.2. The first-order valence-electron chi connectivity index (χ1n) is 7.33. The Hall–Kier alpha value is -1.60. The van der Waals surface area contributed by atoms with Crippen molar-refractivity contribution >= 4 is 40.0 Å². The Labute approximate surface area is 148 Å². The fraction of sp³-hybridized carbons (Fsp3) is 0.375. The van der Waals surface area contributed by atoms with E-state index in [0.717, 1.165) is 16.5 Å². The third kappa shape index (κ3) is 2.50. The Bertz CT molecular complexity index is 828. The number of pyridine rings is 1. The maximum absolute atomic E-state index is 12.3. The SMILES string of the molecule is COc1cc2c3c(cnc2c(Cl)c1Cl)CN(C(=O)[C@@H](O)CO)[C@H]3C. The molecule has 24 heavy (non-hydrogen) atoms. The molecule has 0 radical (unpaired) electrons. The molecule has 1 aromatic carbocycles. The molecule has 1 amide bonds. The topological polar surface area (TPSA) is 82.9 Å². The van der Waals surface area contributed by atoms with Gasteiger partial charge in [-0.05, 0) is 24.1 Å². The summed E-state index contributed by atoms with van der Waals surface area (Å²) in [5.74, 6) is -0.0990. The summed E-state index contributed by atoms with van der Waals surface area (Å²) in [6, 6.07) is 1.45. The Morgan fingerprint density at radius 3 is 2.83 bits per heavy atom. The van der Waals surface area contributed by atoms with Crippen molar-refractivity contribution in [2.75, 3.05) is 13.7 Å². The van der Waals surface area contributed by atoms with Gasteiger partial charge in [-0.15, -0.1) is 0 Å². The first-order chi connectivity index (χ1) is 11.4. The van der Waals surface area contributed by atoms with Crippen LogP contribution in [0.15, 0.2) is 12.3 Å². The van der Waals surface area contributed by atoms with Crippen LogP contribution in [0.4, 0.5) is 0 Å². The van der Waals surface area contributed by atoms with Crippen molar-refractivity contribution in [3.8, 4) is 5.75 Å². The zero-order valence-corrected chi connectivity index (χ0v) is 14.6. The predicted molar refractivity (Wildman–Crippen MR) is 90.4 cm³/mol. The molecule has 1 aliphatic rings. The smallest absolute Gasteiger partial charge is 0.254 e. The molecule has 0 spiro atoms. The minimum atomic E-state index is -1.44. The van der Waals surface area contributed by atoms with Crippen LogP contribution in [0.25, 0.3) is 10.9 Å². The number of hydrogen-bond acceptors (Lipinski definition) is 5. The number of aromatic nitrogens is 1. The highest BCUT2D eigenvalue weighted by Crippen LogP contribution is 2.44. The third-order valence-electron chi connectivity index (χ3n) is 4.32. The number of amides is 1. The van der Waals surface area contributed by atoms with Gasteiger partial charge in [-0.2, -0.15) is 0 Å². The van der Waals surface area contributed by atoms with Crippen LogP contribution in [-0.2, 0) is 11.3 Å². The van der Waals surface area contributed by atoms with E-state index in [4.69, 9.17) is 33.0 Å². The van der Waals surface area contributed by atoms with Crippen LogP contribution in [0.3, 0.4) is 0 Å². The van der Waals surface area contributed by atoms with Gasteiger partial charge in [0.2, 0.25) is 0 Å². The van der Waals surface area contributed by atoms with E-state index in [9.17, 15) is 9.90 Å². The molecule has 0 saturated heterocycles. The molecule has 128 valence electrons. The Morgan fingerprint density at radius 1 is 1.50 bits per heavy atom. The zero-order valence-electron chi connectivity index (χ0n) is 13.1. The second-order valence-corrected chi connectivity index (χ2v) is 6.40. The Kier molecular flexibility index (Phi) is 4.57. The predicted octanol–water partition coefficient (Wildman–Crippen LogP) is 2.31. The van der Waals surface area contributed by atoms with E-state index >= 15 is 0 Å². The minimum absolute atomic E-state index is 0.286. The number of ether oxygens (including phenoxy) is 1. The lowest BCUT2D eigenvalue weighted by atomic mass is 10.0. The molecule has 0 bridgehead atoms. The molecule has 0 saturated carbocycles. The number of hydrogen-bond donors (Lipinski definition) is 2. The van der Waals surface area contributed by atoms with Crippen molar-refractivity contribution in [3.63, 3.8) is 0 Å². The molecule has 3 rings (SSSR count). The number of nitrogens with zero attached hydrogens (tertiary/aromatic N) is 2. The fourth-order valence-electron chi connectivity index (χ4n) is 3.09. The Morgan fingerprint density at radius 2 is 2.21 bits per heavy atom. The number of halogens is 2. The van der Waals surface area contributed by atoms with Gasteiger partial charge in [0.15, 0.2) is 6.10 Å². The monoisotopic (exact) mass is 370 g/mol. The van der Waals surface area contributed by atoms with E-state index in [1.165, 1.54) is 12.0 Å². The van der Waals surface area contributed by atoms with Gasteiger partial charge in [-0.25, -0.2) is 0 Å². The van der Waals surface area contributed by atoms with Gasteiger partial charge < -0.3 is 19.8 Å². The van der Waals surface area contributed by atoms with Crippen molar-refractivity contribution < 1.29 is 19.7 Å². The molecule has 0 unspecified atom stereocenters. The third-order valence-corrected chi connectivity index (χ3v) is 5.16. The van der Waals surface area contributed by atoms with Crippen LogP contribution < -0.4 is 4.74 Å². The lowest BCUT2D eigenvalue weighted by Gasteiger charge is -2.24. The number of methoxy groups -OCH3 is 1. The normalized spacial score (nSPS) is 17.9. The van der Waals surface area contributed by atoms with Crippen LogP contribution in [0, 0.1) is 0 Å². The summed E-state index contributed by atoms with van der Waals surface area (Å²) < 4.78 is 5.26. The number of carbonyl (C=O) groups is 1. The second kappa shape index (κ2) is 6.37. The molecular formula is C16H16Cl2N2O4. The number of aliphatic hydroxyl groups is 2. The van der Waals surface area contributed by atoms with Gasteiger partial charge >= 0.3 is 0 Å². The van der Waals surface area contributed by atoms with E-state index in [0.29, 0.717) is 22.8 Å². The summed E-state index contributed by atoms with van der Waals surface area (Å²) in [5, 5.41) is 20.0. The second-order valence-electron chi connectivity index (χ2n) is 5.64. The molecule has 2 N–H and O–H groups in total. The van der Waals surface area contributed by atoms with Gasteiger partial charge in [-0.3, -0.25) is 9.78 Å². The fourth-order valence-corrected chi connectivity index (χ4v) is 3.56. The molecule has 1 aliphatic heterocycles. The average Bonchev–Trinajstić information content (AvgIpc) is 2.93. The summed E-state index contributed by atoms with van der Waals surface area (Å²) >= 11 is 12.5. The standard InChI is InChI=1S/C16H16Cl2N2O4/c1-7-12-8(5-20(7)16(23)10(22)6-21)4-19-15-9(12)3-11(24-2)13(17)14(15)18/h3-4,7,10,21-22H,5-6H2,1-2H3/t7-,10-/m0/s1. The van der Waals surface area contributed by atoms with Gasteiger partial charge in [0, 0.05) is 18.1 Å². The maximum Gasteiger partial charge on any atom is 0.254 e. The van der Waals surface area contributed by atoms with E-state index in [2.05, 4.69) is 4.98 Å². The van der Waals surface area contributed by atoms with Crippen molar-refractivity contribution in [3.05, 3.63) is 33.4 Å². The maximum atomic E-state index is 12.3. The van der Waals surface area contributed by atoms with Crippen molar-refractivity contribution in [2.24, 2.45) is 0 Å². The highest BCUT2D eigenvalue weighted by Gasteiger charge is 2.35. The van der Waals surface area contributed by atoms with Crippen LogP contribution in [0.1, 0.15) is 24.1 Å². The van der Waals surface area contributed by atoms with E-state index in [1.807, 2.05) is 6.92 Å². The Balaban J connectivity index is 2.16. The molecule has 2 heterocycles. The molecule has 0 fully saturated rings. The summed E-state index contributed by atoms with van der Waals surface area (Å²) in [5.41, 5.74) is 2.27. The summed E-state index contributed by atoms with van der Waals surface area (Å²) in [6.45, 7) is 1.53. The molecule has 8 heteroatoms. The van der Waals surface area contributed by atoms with Crippen molar-refractivity contribution in [1.82, 2.24) is 9.88 Å². The molecule has 2 atom stereocenters. The van der Waals surface area contributed by atoms with E-state index < -0.39 is 18.6 Å². The summed E-state index contributed by atoms with van der Waals surface area (Å²) in [4.78, 5) is 18.1. The highest BCUT2D eigenvalue weighted by atomic mass is 35.5. The van der Waals surface area contributed by atoms with Gasteiger partial charge in [0.05, 0.1) is 30.3 Å². The minimum Gasteiger partial charge on any atom is -0.495 e. The molecule has 6 nitrogen and oxygen atoms in total. The zero-order chi connectivity index (χ0) is 17.6. The van der Waals surface area contributed by atoms with Crippen molar-refractivity contribution in [1.29, 1.82) is 0 Å². The molecule has 0 aliphatic carbocycles. The summed E-state index contributed by atoms with van der Waals surface area (Å²) in [7, 11) is 1.50. The van der Waals surface area contributed by atoms with Crippen LogP contribution in [0.5, 0.6) is 5.75 Å². The van der Waals surface area contributed by atoms with Crippen molar-refractivity contribution in [2.45, 2.75) is 25.6 Å². The van der Waals surface area contributed by atoms with Crippen LogP contribution in [0.2, 0.25) is 10.0 Å². The lowest BCUT2D eigenvalue weighted by Crippen LogP contribution is -2.39. The molecular weight excluding hydrogens is 355 g/mol. The number of fused-ring (bicyclic) bond motifs is 3. The van der Waals surface area contributed by atoms with Gasteiger partial charge in [0.1, 0.15) is 10.8 Å². The molecule has 1 aromatic heterocycles. The lowest BCUT2D eigenvalue weighted by molar-refractivity contribution is -0.144. The van der Waals surface area contributed by atoms with Gasteiger partial charge in [0.25, 0.3) is 5.91 Å². The summed E-state index contributed by atoms with van der Waals surface area (Å²) in [6.07, 6.45) is 0.218. The highest BCUT2D eigenvalue weighted by molar-refractivity contribution is 6.46. The average molecular weight is 371 g/mol. The van der Waals surface area contributed by atoms with Gasteiger partial charge in [-0.1, -0.05) is 23.2 Å². The largest absolute Gasteiger partial charge is 0.495 e. The van der Waals surface area contributed by atoms with E-state index in [1.54, 1.807) is 12.3 Å². The first-order valence-corrected chi connectivity index (χ1v) is 8.09. The number of aliphatic hydroxyl groups excluding tert-OH is 2. The van der Waals surface area contributed by atoms with E-state index in [-0.39, 0.29) is 11.1 Å². The van der Waals surface area contributed by atoms with Crippen LogP contribution >= 0.6 is 23.2 Å². The molecule has 2 aromatic rings.